The second-order valence-corrected chi connectivity index (χ2v) is 12.2. The lowest BCUT2D eigenvalue weighted by molar-refractivity contribution is -0.140. The molecule has 0 aliphatic rings. The second kappa shape index (κ2) is 13.8. The van der Waals surface area contributed by atoms with Gasteiger partial charge < -0.3 is 10.2 Å². The van der Waals surface area contributed by atoms with E-state index in [1.54, 1.807) is 42.5 Å². The van der Waals surface area contributed by atoms with Gasteiger partial charge in [-0.3, -0.25) is 13.9 Å². The molecular weight excluding hydrogens is 557 g/mol. The Labute approximate surface area is 240 Å². The van der Waals surface area contributed by atoms with Gasteiger partial charge in [0.15, 0.2) is 0 Å². The summed E-state index contributed by atoms with van der Waals surface area (Å²) in [6.07, 6.45) is 1.99. The first-order valence-electron chi connectivity index (χ1n) is 12.6. The topological polar surface area (TPSA) is 86.8 Å². The van der Waals surface area contributed by atoms with Crippen molar-refractivity contribution in [2.75, 3.05) is 17.1 Å². The third kappa shape index (κ3) is 8.98. The minimum Gasteiger partial charge on any atom is -0.352 e. The van der Waals surface area contributed by atoms with Crippen LogP contribution in [-0.2, 0) is 32.6 Å². The smallest absolute Gasteiger partial charge is 0.244 e. The molecule has 0 saturated heterocycles. The Bertz CT molecular complexity index is 1370. The summed E-state index contributed by atoms with van der Waals surface area (Å²) in [6, 6.07) is 21.7. The van der Waals surface area contributed by atoms with E-state index in [4.69, 9.17) is 23.2 Å². The number of nitrogens with one attached hydrogen (secondary N) is 1. The third-order valence-corrected chi connectivity index (χ3v) is 7.94. The summed E-state index contributed by atoms with van der Waals surface area (Å²) in [4.78, 5) is 29.1. The molecule has 0 radical (unpaired) electrons. The average Bonchev–Trinajstić information content (AvgIpc) is 2.90. The van der Waals surface area contributed by atoms with E-state index in [2.05, 4.69) is 5.32 Å². The number of nitrogens with zero attached hydrogens (tertiary/aromatic N) is 2. The molecule has 2 atom stereocenters. The van der Waals surface area contributed by atoms with Crippen molar-refractivity contribution in [3.8, 4) is 0 Å². The number of hydrogen-bond acceptors (Lipinski definition) is 4. The summed E-state index contributed by atoms with van der Waals surface area (Å²) in [7, 11) is -3.86. The number of amides is 2. The van der Waals surface area contributed by atoms with Crippen LogP contribution >= 0.6 is 23.2 Å². The van der Waals surface area contributed by atoms with Crippen LogP contribution < -0.4 is 9.62 Å². The maximum absolute atomic E-state index is 14.0. The summed E-state index contributed by atoms with van der Waals surface area (Å²) in [5.41, 5.74) is 1.87. The fraction of sp³-hybridized carbons (Fsp3) is 0.310. The molecule has 3 aromatic carbocycles. The lowest BCUT2D eigenvalue weighted by atomic mass is 10.0. The summed E-state index contributed by atoms with van der Waals surface area (Å²) in [6.45, 7) is 3.43. The molecule has 0 aliphatic heterocycles. The maximum Gasteiger partial charge on any atom is 0.244 e. The van der Waals surface area contributed by atoms with Gasteiger partial charge in [0, 0.05) is 29.1 Å². The van der Waals surface area contributed by atoms with Crippen LogP contribution in [0.5, 0.6) is 0 Å². The molecule has 2 unspecified atom stereocenters. The number of carbonyl (C=O) groups is 2. The summed E-state index contributed by atoms with van der Waals surface area (Å²) < 4.78 is 26.6. The molecule has 0 saturated carbocycles. The summed E-state index contributed by atoms with van der Waals surface area (Å²) in [5, 5.41) is 3.87. The van der Waals surface area contributed by atoms with Gasteiger partial charge in [-0.15, -0.1) is 0 Å². The van der Waals surface area contributed by atoms with Gasteiger partial charge >= 0.3 is 0 Å². The number of carbonyl (C=O) groups excluding carboxylic acids is 2. The molecule has 10 heteroatoms. The van der Waals surface area contributed by atoms with E-state index in [1.165, 1.54) is 11.0 Å². The zero-order chi connectivity index (χ0) is 28.6. The highest BCUT2D eigenvalue weighted by molar-refractivity contribution is 7.92. The Balaban J connectivity index is 2.05. The first-order valence-corrected chi connectivity index (χ1v) is 15.2. The lowest BCUT2D eigenvalue weighted by Crippen LogP contribution is -2.54. The van der Waals surface area contributed by atoms with E-state index in [9.17, 15) is 18.0 Å². The molecule has 0 spiro atoms. The molecule has 3 rings (SSSR count). The van der Waals surface area contributed by atoms with Gasteiger partial charge in [0.25, 0.3) is 0 Å². The minimum atomic E-state index is -3.86. The molecular formula is C29H33Cl2N3O4S. The number of sulfonamides is 1. The van der Waals surface area contributed by atoms with Crippen molar-refractivity contribution < 1.29 is 18.0 Å². The summed E-state index contributed by atoms with van der Waals surface area (Å²) in [5.74, 6) is -0.847. The Hall–Kier alpha value is -3.07. The molecule has 208 valence electrons. The normalized spacial score (nSPS) is 12.8. The van der Waals surface area contributed by atoms with Gasteiger partial charge in [-0.05, 0) is 54.8 Å². The van der Waals surface area contributed by atoms with Crippen LogP contribution in [0.1, 0.15) is 31.4 Å². The van der Waals surface area contributed by atoms with Crippen molar-refractivity contribution in [2.45, 2.75) is 45.3 Å². The first-order chi connectivity index (χ1) is 18.5. The van der Waals surface area contributed by atoms with E-state index in [0.29, 0.717) is 16.5 Å². The highest BCUT2D eigenvalue weighted by Gasteiger charge is 2.33. The second-order valence-electron chi connectivity index (χ2n) is 9.42. The Morgan fingerprint density at radius 3 is 2.15 bits per heavy atom. The predicted molar refractivity (Wildman–Crippen MR) is 157 cm³/mol. The quantitative estimate of drug-likeness (QED) is 0.310. The number of benzene rings is 3. The fourth-order valence-corrected chi connectivity index (χ4v) is 5.18. The van der Waals surface area contributed by atoms with Gasteiger partial charge in [0.2, 0.25) is 21.8 Å². The van der Waals surface area contributed by atoms with Crippen molar-refractivity contribution in [1.82, 2.24) is 10.2 Å². The van der Waals surface area contributed by atoms with Crippen LogP contribution in [0.2, 0.25) is 10.0 Å². The molecule has 0 aliphatic carbocycles. The van der Waals surface area contributed by atoms with Crippen LogP contribution in [0, 0.1) is 0 Å². The van der Waals surface area contributed by atoms with Crippen molar-refractivity contribution in [1.29, 1.82) is 0 Å². The fourth-order valence-electron chi connectivity index (χ4n) is 4.03. The van der Waals surface area contributed by atoms with Crippen LogP contribution in [-0.4, -0.2) is 50.0 Å². The van der Waals surface area contributed by atoms with E-state index in [1.807, 2.05) is 44.2 Å². The van der Waals surface area contributed by atoms with Crippen molar-refractivity contribution >= 4 is 50.7 Å². The molecule has 2 amide bonds. The molecule has 0 heterocycles. The van der Waals surface area contributed by atoms with E-state index in [-0.39, 0.29) is 30.6 Å². The van der Waals surface area contributed by atoms with E-state index >= 15 is 0 Å². The van der Waals surface area contributed by atoms with Crippen molar-refractivity contribution in [3.63, 3.8) is 0 Å². The maximum atomic E-state index is 14.0. The van der Waals surface area contributed by atoms with Crippen LogP contribution in [0.3, 0.4) is 0 Å². The van der Waals surface area contributed by atoms with Crippen LogP contribution in [0.15, 0.2) is 78.9 Å². The zero-order valence-electron chi connectivity index (χ0n) is 22.2. The Morgan fingerprint density at radius 1 is 0.897 bits per heavy atom. The van der Waals surface area contributed by atoms with Crippen molar-refractivity contribution in [3.05, 3.63) is 100 Å². The molecule has 7 nitrogen and oxygen atoms in total. The first kappa shape index (κ1) is 30.5. The monoisotopic (exact) mass is 589 g/mol. The third-order valence-electron chi connectivity index (χ3n) is 6.31. The molecule has 0 bridgehead atoms. The van der Waals surface area contributed by atoms with E-state index < -0.39 is 28.5 Å². The largest absolute Gasteiger partial charge is 0.352 e. The minimum absolute atomic E-state index is 0.0780. The highest BCUT2D eigenvalue weighted by Crippen LogP contribution is 2.23. The van der Waals surface area contributed by atoms with E-state index in [0.717, 1.165) is 21.7 Å². The van der Waals surface area contributed by atoms with Gasteiger partial charge in [-0.1, -0.05) is 78.7 Å². The van der Waals surface area contributed by atoms with Gasteiger partial charge in [-0.2, -0.15) is 0 Å². The Kier molecular flexibility index (Phi) is 10.8. The molecule has 0 fully saturated rings. The van der Waals surface area contributed by atoms with Gasteiger partial charge in [0.1, 0.15) is 12.6 Å². The molecule has 3 aromatic rings. The average molecular weight is 591 g/mol. The number of rotatable bonds is 12. The van der Waals surface area contributed by atoms with Crippen LogP contribution in [0.25, 0.3) is 0 Å². The van der Waals surface area contributed by atoms with Crippen molar-refractivity contribution in [2.24, 2.45) is 0 Å². The summed E-state index contributed by atoms with van der Waals surface area (Å²) >= 11 is 12.2. The lowest BCUT2D eigenvalue weighted by Gasteiger charge is -2.34. The number of hydrogen-bond donors (Lipinski definition) is 1. The highest BCUT2D eigenvalue weighted by atomic mass is 35.5. The van der Waals surface area contributed by atoms with Gasteiger partial charge in [0.05, 0.1) is 11.9 Å². The predicted octanol–water partition coefficient (Wildman–Crippen LogP) is 5.31. The molecule has 39 heavy (non-hydrogen) atoms. The SMILES string of the molecule is CCC(C)NC(=O)C(Cc1ccccc1)N(Cc1ccc(Cl)cc1)C(=O)CN(c1cccc(Cl)c1)S(C)(=O)=O. The number of anilines is 1. The standard InChI is InChI=1S/C29H33Cl2N3O4S/c1-4-21(2)32-29(36)27(17-22-9-6-5-7-10-22)33(19-23-13-15-24(30)16-14-23)28(35)20-34(39(3,37)38)26-12-8-11-25(31)18-26/h5-16,18,21,27H,4,17,19-20H2,1-3H3,(H,32,36). The molecule has 1 N–H and O–H groups in total. The van der Waals surface area contributed by atoms with Crippen LogP contribution in [0.4, 0.5) is 5.69 Å². The Morgan fingerprint density at radius 2 is 1.56 bits per heavy atom. The number of halogens is 2. The molecule has 0 aromatic heterocycles. The van der Waals surface area contributed by atoms with Gasteiger partial charge in [-0.25, -0.2) is 8.42 Å². The zero-order valence-corrected chi connectivity index (χ0v) is 24.5.